The zero-order chi connectivity index (χ0) is 14.2. The van der Waals surface area contributed by atoms with Crippen molar-refractivity contribution in [1.82, 2.24) is 0 Å². The van der Waals surface area contributed by atoms with Crippen molar-refractivity contribution < 1.29 is 18.3 Å². The van der Waals surface area contributed by atoms with Crippen molar-refractivity contribution >= 4 is 9.84 Å². The van der Waals surface area contributed by atoms with Crippen LogP contribution in [0.5, 0.6) is 5.75 Å². The van der Waals surface area contributed by atoms with Crippen LogP contribution in [0.3, 0.4) is 0 Å². The summed E-state index contributed by atoms with van der Waals surface area (Å²) in [6.07, 6.45) is -1.59. The molecule has 1 aromatic rings. The first kappa shape index (κ1) is 14.3. The van der Waals surface area contributed by atoms with Crippen molar-refractivity contribution in [3.8, 4) is 5.75 Å². The maximum absolute atomic E-state index is 11.4. The molecule has 1 N–H and O–H groups in total. The fourth-order valence-electron chi connectivity index (χ4n) is 2.45. The van der Waals surface area contributed by atoms with Crippen molar-refractivity contribution in [2.75, 3.05) is 11.5 Å². The average molecular weight is 284 g/mol. The third-order valence-corrected chi connectivity index (χ3v) is 5.11. The molecule has 1 aliphatic rings. The maximum atomic E-state index is 11.4. The van der Waals surface area contributed by atoms with E-state index in [4.69, 9.17) is 4.74 Å². The van der Waals surface area contributed by atoms with E-state index in [1.54, 1.807) is 0 Å². The summed E-state index contributed by atoms with van der Waals surface area (Å²) in [4.78, 5) is 0. The van der Waals surface area contributed by atoms with E-state index in [0.29, 0.717) is 11.7 Å². The Morgan fingerprint density at radius 3 is 2.47 bits per heavy atom. The number of ether oxygens (including phenoxy) is 1. The molecule has 1 heterocycles. The lowest BCUT2D eigenvalue weighted by molar-refractivity contribution is 0.0737. The van der Waals surface area contributed by atoms with Crippen LogP contribution in [-0.4, -0.2) is 37.2 Å². The Balaban J connectivity index is 2.14. The minimum absolute atomic E-state index is 0.112. The molecular formula is C14H20O4S. The third-order valence-electron chi connectivity index (χ3n) is 3.42. The van der Waals surface area contributed by atoms with Crippen molar-refractivity contribution in [3.05, 3.63) is 29.3 Å². The molecule has 0 radical (unpaired) electrons. The zero-order valence-electron chi connectivity index (χ0n) is 11.5. The van der Waals surface area contributed by atoms with Crippen molar-refractivity contribution in [3.63, 3.8) is 0 Å². The smallest absolute Gasteiger partial charge is 0.156 e. The maximum Gasteiger partial charge on any atom is 0.156 e. The number of aliphatic hydroxyl groups excluding tert-OH is 1. The van der Waals surface area contributed by atoms with E-state index in [1.807, 2.05) is 25.1 Å². The number of benzene rings is 1. The molecule has 1 aliphatic heterocycles. The number of rotatable bonds is 3. The van der Waals surface area contributed by atoms with E-state index in [-0.39, 0.29) is 11.5 Å². The zero-order valence-corrected chi connectivity index (χ0v) is 12.3. The largest absolute Gasteiger partial charge is 0.487 e. The molecule has 0 aromatic heterocycles. The first-order valence-corrected chi connectivity index (χ1v) is 8.26. The number of hydrogen-bond donors (Lipinski definition) is 1. The number of sulfone groups is 1. The summed E-state index contributed by atoms with van der Waals surface area (Å²) in [5.41, 5.74) is 2.36. The van der Waals surface area contributed by atoms with E-state index in [9.17, 15) is 13.5 Å². The van der Waals surface area contributed by atoms with Crippen LogP contribution in [0, 0.1) is 6.92 Å². The summed E-state index contributed by atoms with van der Waals surface area (Å²) in [5, 5.41) is 9.69. The normalized spacial score (nSPS) is 25.7. The highest BCUT2D eigenvalue weighted by Crippen LogP contribution is 2.26. The van der Waals surface area contributed by atoms with Crippen molar-refractivity contribution in [2.24, 2.45) is 0 Å². The summed E-state index contributed by atoms with van der Waals surface area (Å²) in [7, 11) is -3.17. The van der Waals surface area contributed by atoms with Gasteiger partial charge in [0.25, 0.3) is 0 Å². The van der Waals surface area contributed by atoms with Gasteiger partial charge in [-0.15, -0.1) is 0 Å². The van der Waals surface area contributed by atoms with Gasteiger partial charge in [0, 0.05) is 0 Å². The first-order chi connectivity index (χ1) is 8.78. The first-order valence-electron chi connectivity index (χ1n) is 6.44. The van der Waals surface area contributed by atoms with Crippen LogP contribution in [0.2, 0.25) is 0 Å². The van der Waals surface area contributed by atoms with Crippen molar-refractivity contribution in [1.29, 1.82) is 0 Å². The fraction of sp³-hybridized carbons (Fsp3) is 0.571. The standard InChI is InChI=1S/C14H20O4S/c1-9(2)12-5-4-11(6-10(12)3)18-14-8-19(16,17)7-13(14)15/h4-6,9,13-15H,7-8H2,1-3H3. The van der Waals surface area contributed by atoms with Gasteiger partial charge in [0.1, 0.15) is 18.0 Å². The Bertz CT molecular complexity index is 563. The molecule has 19 heavy (non-hydrogen) atoms. The van der Waals surface area contributed by atoms with Gasteiger partial charge in [-0.25, -0.2) is 8.42 Å². The van der Waals surface area contributed by atoms with Gasteiger partial charge in [-0.3, -0.25) is 0 Å². The molecule has 4 nitrogen and oxygen atoms in total. The molecule has 106 valence electrons. The lowest BCUT2D eigenvalue weighted by Crippen LogP contribution is -2.29. The Labute approximate surface area is 114 Å². The van der Waals surface area contributed by atoms with Gasteiger partial charge in [0.05, 0.1) is 11.5 Å². The van der Waals surface area contributed by atoms with Gasteiger partial charge in [-0.2, -0.15) is 0 Å². The Morgan fingerprint density at radius 1 is 1.32 bits per heavy atom. The number of hydrogen-bond acceptors (Lipinski definition) is 4. The van der Waals surface area contributed by atoms with Gasteiger partial charge < -0.3 is 9.84 Å². The average Bonchev–Trinajstić information content (AvgIpc) is 2.51. The molecule has 1 fully saturated rings. The van der Waals surface area contributed by atoms with Gasteiger partial charge in [0.2, 0.25) is 0 Å². The second-order valence-electron chi connectivity index (χ2n) is 5.47. The topological polar surface area (TPSA) is 63.6 Å². The summed E-state index contributed by atoms with van der Waals surface area (Å²) >= 11 is 0. The summed E-state index contributed by atoms with van der Waals surface area (Å²) in [6, 6.07) is 5.72. The summed E-state index contributed by atoms with van der Waals surface area (Å²) < 4.78 is 28.4. The fourth-order valence-corrected chi connectivity index (χ4v) is 4.12. The minimum atomic E-state index is -3.17. The highest BCUT2D eigenvalue weighted by molar-refractivity contribution is 7.91. The highest BCUT2D eigenvalue weighted by Gasteiger charge is 2.38. The quantitative estimate of drug-likeness (QED) is 0.917. The summed E-state index contributed by atoms with van der Waals surface area (Å²) in [5.74, 6) is 0.731. The van der Waals surface area contributed by atoms with E-state index in [1.165, 1.54) is 5.56 Å². The van der Waals surface area contributed by atoms with Crippen LogP contribution in [0.25, 0.3) is 0 Å². The molecule has 1 saturated heterocycles. The predicted octanol–water partition coefficient (Wildman–Crippen LogP) is 1.66. The Morgan fingerprint density at radius 2 is 2.00 bits per heavy atom. The van der Waals surface area contributed by atoms with Gasteiger partial charge in [-0.1, -0.05) is 19.9 Å². The van der Waals surface area contributed by atoms with E-state index < -0.39 is 22.0 Å². The number of aliphatic hydroxyl groups is 1. The van der Waals surface area contributed by atoms with Crippen LogP contribution in [0.15, 0.2) is 18.2 Å². The number of aryl methyl sites for hydroxylation is 1. The van der Waals surface area contributed by atoms with Crippen LogP contribution >= 0.6 is 0 Å². The molecule has 0 saturated carbocycles. The second kappa shape index (κ2) is 5.13. The van der Waals surface area contributed by atoms with Crippen molar-refractivity contribution in [2.45, 2.75) is 38.9 Å². The molecule has 0 amide bonds. The predicted molar refractivity (Wildman–Crippen MR) is 74.3 cm³/mol. The van der Waals surface area contributed by atoms with Crippen LogP contribution in [0.4, 0.5) is 0 Å². The minimum Gasteiger partial charge on any atom is -0.487 e. The second-order valence-corrected chi connectivity index (χ2v) is 7.63. The van der Waals surface area contributed by atoms with Gasteiger partial charge in [0.15, 0.2) is 9.84 Å². The highest BCUT2D eigenvalue weighted by atomic mass is 32.2. The molecule has 0 bridgehead atoms. The molecular weight excluding hydrogens is 264 g/mol. The molecule has 2 atom stereocenters. The SMILES string of the molecule is Cc1cc(OC2CS(=O)(=O)CC2O)ccc1C(C)C. The monoisotopic (exact) mass is 284 g/mol. The van der Waals surface area contributed by atoms with Gasteiger partial charge >= 0.3 is 0 Å². The molecule has 0 aliphatic carbocycles. The molecule has 0 spiro atoms. The van der Waals surface area contributed by atoms with E-state index in [2.05, 4.69) is 13.8 Å². The molecule has 2 rings (SSSR count). The van der Waals surface area contributed by atoms with Crippen LogP contribution in [-0.2, 0) is 9.84 Å². The van der Waals surface area contributed by atoms with E-state index in [0.717, 1.165) is 5.56 Å². The van der Waals surface area contributed by atoms with Gasteiger partial charge in [-0.05, 0) is 36.1 Å². The molecule has 5 heteroatoms. The molecule has 2 unspecified atom stereocenters. The summed E-state index contributed by atoms with van der Waals surface area (Å²) in [6.45, 7) is 6.25. The Hall–Kier alpha value is -1.07. The Kier molecular flexibility index (Phi) is 3.87. The lowest BCUT2D eigenvalue weighted by Gasteiger charge is -2.17. The third kappa shape index (κ3) is 3.28. The van der Waals surface area contributed by atoms with Crippen LogP contribution in [0.1, 0.15) is 30.9 Å². The lowest BCUT2D eigenvalue weighted by atomic mass is 9.98. The van der Waals surface area contributed by atoms with E-state index >= 15 is 0 Å². The van der Waals surface area contributed by atoms with Crippen LogP contribution < -0.4 is 4.74 Å². The molecule has 1 aromatic carbocycles.